The first-order chi connectivity index (χ1) is 12.0. The number of sulfonamides is 1. The maximum absolute atomic E-state index is 14.1. The van der Waals surface area contributed by atoms with Gasteiger partial charge in [-0.2, -0.15) is 0 Å². The van der Waals surface area contributed by atoms with Crippen LogP contribution in [0.25, 0.3) is 0 Å². The predicted molar refractivity (Wildman–Crippen MR) is 104 cm³/mol. The van der Waals surface area contributed by atoms with Crippen LogP contribution in [0.4, 0.5) is 4.39 Å². The highest BCUT2D eigenvalue weighted by molar-refractivity contribution is 7.89. The summed E-state index contributed by atoms with van der Waals surface area (Å²) in [4.78, 5) is 0.104. The topological polar surface area (TPSA) is 66.4 Å². The Morgan fingerprint density at radius 1 is 1.27 bits per heavy atom. The van der Waals surface area contributed by atoms with Crippen LogP contribution in [0.5, 0.6) is 0 Å². The molecule has 0 aromatic heterocycles. The molecule has 146 valence electrons. The van der Waals surface area contributed by atoms with Crippen molar-refractivity contribution in [2.24, 2.45) is 5.92 Å². The van der Waals surface area contributed by atoms with Crippen molar-refractivity contribution in [1.82, 2.24) is 4.72 Å². The Morgan fingerprint density at radius 2 is 1.81 bits per heavy atom. The Labute approximate surface area is 156 Å². The lowest BCUT2D eigenvalue weighted by molar-refractivity contribution is 0.0557. The second kappa shape index (κ2) is 8.93. The first kappa shape index (κ1) is 22.5. The van der Waals surface area contributed by atoms with Crippen LogP contribution in [0.3, 0.4) is 0 Å². The van der Waals surface area contributed by atoms with Gasteiger partial charge in [0.2, 0.25) is 10.0 Å². The second-order valence-corrected chi connectivity index (χ2v) is 8.41. The zero-order valence-corrected chi connectivity index (χ0v) is 17.2. The summed E-state index contributed by atoms with van der Waals surface area (Å²) in [7, 11) is -3.88. The Kier molecular flexibility index (Phi) is 7.74. The van der Waals surface area contributed by atoms with Gasteiger partial charge < -0.3 is 5.11 Å². The number of rotatable bonds is 8. The predicted octanol–water partition coefficient (Wildman–Crippen LogP) is 4.34. The molecule has 1 unspecified atom stereocenters. The third kappa shape index (κ3) is 4.61. The van der Waals surface area contributed by atoms with E-state index >= 15 is 0 Å². The second-order valence-electron chi connectivity index (χ2n) is 6.69. The van der Waals surface area contributed by atoms with E-state index in [4.69, 9.17) is 0 Å². The lowest BCUT2D eigenvalue weighted by atomic mass is 9.75. The van der Waals surface area contributed by atoms with Gasteiger partial charge in [0, 0.05) is 0 Å². The van der Waals surface area contributed by atoms with Gasteiger partial charge in [0.15, 0.2) is 0 Å². The smallest absolute Gasteiger partial charge is 0.240 e. The average Bonchev–Trinajstić information content (AvgIpc) is 2.64. The van der Waals surface area contributed by atoms with Gasteiger partial charge in [0.25, 0.3) is 0 Å². The van der Waals surface area contributed by atoms with E-state index < -0.39 is 27.5 Å². The number of allylic oxidation sites excluding steroid dienone is 2. The van der Waals surface area contributed by atoms with Gasteiger partial charge in [-0.05, 0) is 56.9 Å². The molecule has 2 N–H and O–H groups in total. The third-order valence-corrected chi connectivity index (χ3v) is 6.58. The first-order valence-electron chi connectivity index (χ1n) is 8.78. The molecule has 3 atom stereocenters. The van der Waals surface area contributed by atoms with E-state index in [0.29, 0.717) is 12.0 Å². The van der Waals surface area contributed by atoms with Gasteiger partial charge in [0.05, 0.1) is 16.8 Å². The van der Waals surface area contributed by atoms with Crippen molar-refractivity contribution in [2.45, 2.75) is 64.5 Å². The van der Waals surface area contributed by atoms with E-state index in [1.165, 1.54) is 26.0 Å². The monoisotopic (exact) mass is 383 g/mol. The van der Waals surface area contributed by atoms with E-state index in [2.05, 4.69) is 4.72 Å². The van der Waals surface area contributed by atoms with Gasteiger partial charge in [-0.15, -0.1) is 0 Å². The summed E-state index contributed by atoms with van der Waals surface area (Å²) in [5.41, 5.74) is -1.16. The van der Waals surface area contributed by atoms with Gasteiger partial charge in [-0.1, -0.05) is 44.5 Å². The van der Waals surface area contributed by atoms with Crippen molar-refractivity contribution in [1.29, 1.82) is 0 Å². The van der Waals surface area contributed by atoms with E-state index in [-0.39, 0.29) is 16.4 Å². The number of hydrogen-bond acceptors (Lipinski definition) is 3. The molecule has 0 heterocycles. The number of nitrogens with one attached hydrogen (secondary N) is 1. The molecule has 0 aliphatic heterocycles. The van der Waals surface area contributed by atoms with Crippen molar-refractivity contribution >= 4 is 10.0 Å². The van der Waals surface area contributed by atoms with Crippen LogP contribution in [0, 0.1) is 5.92 Å². The van der Waals surface area contributed by atoms with E-state index in [1.54, 1.807) is 38.1 Å². The Morgan fingerprint density at radius 3 is 2.23 bits per heavy atom. The van der Waals surface area contributed by atoms with E-state index in [1.807, 2.05) is 13.8 Å². The molecule has 0 radical (unpaired) electrons. The molecule has 1 rings (SSSR count). The summed E-state index contributed by atoms with van der Waals surface area (Å²) in [6.45, 7) is 9.92. The molecule has 26 heavy (non-hydrogen) atoms. The third-order valence-electron chi connectivity index (χ3n) is 5.12. The largest absolute Gasteiger partial charge is 0.379 e. The van der Waals surface area contributed by atoms with Crippen molar-refractivity contribution in [3.8, 4) is 0 Å². The van der Waals surface area contributed by atoms with Gasteiger partial charge >= 0.3 is 0 Å². The highest BCUT2D eigenvalue weighted by atomic mass is 32.2. The first-order valence-corrected chi connectivity index (χ1v) is 10.3. The molecular formula is C20H30FNO3S. The Balaban J connectivity index is 3.56. The standard InChI is InChI=1S/C20H30FNO3S/c1-7-14(3)19(20(23,15(4)8-2)16(5)17(6)21)22-26(24,25)18-12-10-9-11-13-18/h8-14,19,22-23H,7H2,1-6H3/b15-8+,17-16+/t14-,19-,20?/m0/s1. The minimum Gasteiger partial charge on any atom is -0.379 e. The molecule has 0 fully saturated rings. The Hall–Kier alpha value is -1.50. The molecule has 0 spiro atoms. The molecule has 0 saturated carbocycles. The van der Waals surface area contributed by atoms with Crippen molar-refractivity contribution < 1.29 is 17.9 Å². The molecule has 4 nitrogen and oxygen atoms in total. The SMILES string of the molecule is C/C=C(\C)C(O)(/C(C)=C(\C)F)[C@@H](NS(=O)(=O)c1ccccc1)[C@@H](C)CC. The minimum atomic E-state index is -3.88. The van der Waals surface area contributed by atoms with Crippen LogP contribution in [-0.4, -0.2) is 25.2 Å². The van der Waals surface area contributed by atoms with Crippen LogP contribution >= 0.6 is 0 Å². The van der Waals surface area contributed by atoms with E-state index in [9.17, 15) is 17.9 Å². The van der Waals surface area contributed by atoms with Gasteiger partial charge in [-0.3, -0.25) is 0 Å². The Bertz CT molecular complexity index is 768. The molecule has 0 aliphatic carbocycles. The van der Waals surface area contributed by atoms with Crippen LogP contribution in [-0.2, 0) is 10.0 Å². The summed E-state index contributed by atoms with van der Waals surface area (Å²) in [5.74, 6) is -0.761. The van der Waals surface area contributed by atoms with Crippen LogP contribution in [0.15, 0.2) is 58.3 Å². The fourth-order valence-corrected chi connectivity index (χ4v) is 4.33. The summed E-state index contributed by atoms with van der Waals surface area (Å²) in [6.07, 6.45) is 2.29. The lowest BCUT2D eigenvalue weighted by Crippen LogP contribution is -2.57. The molecule has 1 aromatic rings. The fraction of sp³-hybridized carbons (Fsp3) is 0.500. The van der Waals surface area contributed by atoms with E-state index in [0.717, 1.165) is 0 Å². The van der Waals surface area contributed by atoms with Crippen molar-refractivity contribution in [3.05, 3.63) is 53.4 Å². The highest BCUT2D eigenvalue weighted by Gasteiger charge is 2.45. The van der Waals surface area contributed by atoms with Crippen LogP contribution in [0.2, 0.25) is 0 Å². The maximum atomic E-state index is 14.1. The van der Waals surface area contributed by atoms with Crippen molar-refractivity contribution in [3.63, 3.8) is 0 Å². The summed E-state index contributed by atoms with van der Waals surface area (Å²) in [6, 6.07) is 7.05. The van der Waals surface area contributed by atoms with Crippen molar-refractivity contribution in [2.75, 3.05) is 0 Å². The maximum Gasteiger partial charge on any atom is 0.240 e. The summed E-state index contributed by atoms with van der Waals surface area (Å²) in [5, 5.41) is 11.5. The van der Waals surface area contributed by atoms with Crippen LogP contribution in [0.1, 0.15) is 48.0 Å². The molecular weight excluding hydrogens is 353 g/mol. The number of benzene rings is 1. The molecule has 0 amide bonds. The minimum absolute atomic E-state index is 0.104. The zero-order chi connectivity index (χ0) is 20.1. The number of halogens is 1. The summed E-state index contributed by atoms with van der Waals surface area (Å²) >= 11 is 0. The number of hydrogen-bond donors (Lipinski definition) is 2. The van der Waals surface area contributed by atoms with Gasteiger partial charge in [-0.25, -0.2) is 17.5 Å². The quantitative estimate of drug-likeness (QED) is 0.656. The molecule has 0 bridgehead atoms. The average molecular weight is 384 g/mol. The molecule has 1 aromatic carbocycles. The zero-order valence-electron chi connectivity index (χ0n) is 16.4. The molecule has 0 aliphatic rings. The molecule has 0 saturated heterocycles. The van der Waals surface area contributed by atoms with Gasteiger partial charge in [0.1, 0.15) is 5.60 Å². The number of aliphatic hydroxyl groups is 1. The van der Waals surface area contributed by atoms with Crippen LogP contribution < -0.4 is 4.72 Å². The summed E-state index contributed by atoms with van der Waals surface area (Å²) < 4.78 is 42.4. The normalized spacial score (nSPS) is 18.7. The highest BCUT2D eigenvalue weighted by Crippen LogP contribution is 2.36. The fourth-order valence-electron chi connectivity index (χ4n) is 2.94. The lowest BCUT2D eigenvalue weighted by Gasteiger charge is -2.41. The molecule has 6 heteroatoms.